The van der Waals surface area contributed by atoms with Crippen molar-refractivity contribution in [2.75, 3.05) is 0 Å². The minimum Gasteiger partial charge on any atom is -0.295 e. The van der Waals surface area contributed by atoms with Crippen LogP contribution in [0.1, 0.15) is 18.9 Å². The Bertz CT molecular complexity index is 333. The molecule has 2 nitrogen and oxygen atoms in total. The van der Waals surface area contributed by atoms with Gasteiger partial charge in [0.25, 0.3) is 0 Å². The Hall–Kier alpha value is -1.15. The SMILES string of the molecule is CCC(=O)C=Cc1cncc(Cl)c1. The molecule has 0 aliphatic heterocycles. The highest BCUT2D eigenvalue weighted by Gasteiger charge is 1.92. The number of ketones is 1. The van der Waals surface area contributed by atoms with Crippen molar-refractivity contribution in [3.63, 3.8) is 0 Å². The molecule has 1 rings (SSSR count). The maximum absolute atomic E-state index is 10.9. The lowest BCUT2D eigenvalue weighted by Crippen LogP contribution is -1.86. The first-order valence-electron chi connectivity index (χ1n) is 4.04. The summed E-state index contributed by atoms with van der Waals surface area (Å²) in [6.45, 7) is 1.82. The lowest BCUT2D eigenvalue weighted by molar-refractivity contribution is -0.114. The van der Waals surface area contributed by atoms with E-state index in [1.54, 1.807) is 24.5 Å². The molecule has 0 aliphatic rings. The van der Waals surface area contributed by atoms with Crippen molar-refractivity contribution in [1.29, 1.82) is 0 Å². The molecule has 0 N–H and O–H groups in total. The van der Waals surface area contributed by atoms with E-state index in [1.165, 1.54) is 6.08 Å². The summed E-state index contributed by atoms with van der Waals surface area (Å²) in [5.74, 6) is 0.0972. The number of rotatable bonds is 3. The fourth-order valence-corrected chi connectivity index (χ4v) is 1.01. The van der Waals surface area contributed by atoms with Crippen LogP contribution in [0.15, 0.2) is 24.5 Å². The van der Waals surface area contributed by atoms with Crippen molar-refractivity contribution < 1.29 is 4.79 Å². The smallest absolute Gasteiger partial charge is 0.155 e. The van der Waals surface area contributed by atoms with Crippen LogP contribution in [0.2, 0.25) is 5.02 Å². The zero-order chi connectivity index (χ0) is 9.68. The molecule has 0 saturated heterocycles. The van der Waals surface area contributed by atoms with E-state index in [2.05, 4.69) is 4.98 Å². The highest BCUT2D eigenvalue weighted by molar-refractivity contribution is 6.30. The zero-order valence-electron chi connectivity index (χ0n) is 7.33. The number of aromatic nitrogens is 1. The first-order valence-corrected chi connectivity index (χ1v) is 4.41. The van der Waals surface area contributed by atoms with Gasteiger partial charge in [0.05, 0.1) is 5.02 Å². The van der Waals surface area contributed by atoms with Gasteiger partial charge in [-0.1, -0.05) is 18.5 Å². The van der Waals surface area contributed by atoms with Gasteiger partial charge in [-0.25, -0.2) is 0 Å². The second kappa shape index (κ2) is 4.77. The summed E-state index contributed by atoms with van der Waals surface area (Å²) in [7, 11) is 0. The van der Waals surface area contributed by atoms with Gasteiger partial charge in [0, 0.05) is 18.8 Å². The average molecular weight is 196 g/mol. The number of nitrogens with zero attached hydrogens (tertiary/aromatic N) is 1. The van der Waals surface area contributed by atoms with Crippen molar-refractivity contribution in [2.45, 2.75) is 13.3 Å². The van der Waals surface area contributed by atoms with E-state index in [9.17, 15) is 4.79 Å². The molecular weight excluding hydrogens is 186 g/mol. The van der Waals surface area contributed by atoms with Crippen molar-refractivity contribution in [3.05, 3.63) is 35.1 Å². The molecule has 0 spiro atoms. The van der Waals surface area contributed by atoms with Gasteiger partial charge < -0.3 is 0 Å². The van der Waals surface area contributed by atoms with Crippen LogP contribution in [0.5, 0.6) is 0 Å². The Morgan fingerprint density at radius 1 is 1.62 bits per heavy atom. The third kappa shape index (κ3) is 3.38. The topological polar surface area (TPSA) is 30.0 Å². The summed E-state index contributed by atoms with van der Waals surface area (Å²) in [5, 5.41) is 0.575. The normalized spacial score (nSPS) is 10.6. The number of allylic oxidation sites excluding steroid dienone is 1. The van der Waals surface area contributed by atoms with Crippen LogP contribution in [0.25, 0.3) is 6.08 Å². The van der Waals surface area contributed by atoms with Crippen LogP contribution in [0.3, 0.4) is 0 Å². The van der Waals surface area contributed by atoms with Gasteiger partial charge in [0.2, 0.25) is 0 Å². The van der Waals surface area contributed by atoms with Gasteiger partial charge in [0.15, 0.2) is 5.78 Å². The number of pyridine rings is 1. The molecule has 0 amide bonds. The maximum atomic E-state index is 10.9. The highest BCUT2D eigenvalue weighted by atomic mass is 35.5. The fraction of sp³-hybridized carbons (Fsp3) is 0.200. The van der Waals surface area contributed by atoms with E-state index >= 15 is 0 Å². The zero-order valence-corrected chi connectivity index (χ0v) is 8.08. The van der Waals surface area contributed by atoms with E-state index in [0.29, 0.717) is 11.4 Å². The van der Waals surface area contributed by atoms with Gasteiger partial charge >= 0.3 is 0 Å². The fourth-order valence-electron chi connectivity index (χ4n) is 0.826. The second-order valence-corrected chi connectivity index (χ2v) is 3.03. The van der Waals surface area contributed by atoms with E-state index in [4.69, 9.17) is 11.6 Å². The predicted molar refractivity (Wildman–Crippen MR) is 53.6 cm³/mol. The molecule has 1 aromatic rings. The third-order valence-corrected chi connectivity index (χ3v) is 1.74. The summed E-state index contributed by atoms with van der Waals surface area (Å²) >= 11 is 5.71. The lowest BCUT2D eigenvalue weighted by atomic mass is 10.2. The van der Waals surface area contributed by atoms with Gasteiger partial charge in [-0.05, 0) is 23.8 Å². The molecule has 1 heterocycles. The van der Waals surface area contributed by atoms with E-state index in [-0.39, 0.29) is 5.78 Å². The van der Waals surface area contributed by atoms with E-state index in [1.807, 2.05) is 6.92 Å². The molecule has 0 unspecified atom stereocenters. The second-order valence-electron chi connectivity index (χ2n) is 2.59. The molecule has 0 atom stereocenters. The van der Waals surface area contributed by atoms with Crippen LogP contribution >= 0.6 is 11.6 Å². The molecule has 0 radical (unpaired) electrons. The number of carbonyl (C=O) groups excluding carboxylic acids is 1. The summed E-state index contributed by atoms with van der Waals surface area (Å²) in [5.41, 5.74) is 0.842. The largest absolute Gasteiger partial charge is 0.295 e. The number of carbonyl (C=O) groups is 1. The van der Waals surface area contributed by atoms with Crippen molar-refractivity contribution >= 4 is 23.5 Å². The van der Waals surface area contributed by atoms with Gasteiger partial charge in [0.1, 0.15) is 0 Å². The minimum absolute atomic E-state index is 0.0972. The number of hydrogen-bond acceptors (Lipinski definition) is 2. The van der Waals surface area contributed by atoms with Gasteiger partial charge in [-0.3, -0.25) is 9.78 Å². The summed E-state index contributed by atoms with van der Waals surface area (Å²) in [6, 6.07) is 1.76. The minimum atomic E-state index is 0.0972. The van der Waals surface area contributed by atoms with Crippen LogP contribution < -0.4 is 0 Å². The Kier molecular flexibility index (Phi) is 3.65. The Morgan fingerprint density at radius 2 is 2.38 bits per heavy atom. The molecule has 0 saturated carbocycles. The van der Waals surface area contributed by atoms with Crippen LogP contribution in [0, 0.1) is 0 Å². The molecule has 0 bridgehead atoms. The summed E-state index contributed by atoms with van der Waals surface area (Å²) in [6.07, 6.45) is 6.98. The number of hydrogen-bond donors (Lipinski definition) is 0. The van der Waals surface area contributed by atoms with Crippen molar-refractivity contribution in [3.8, 4) is 0 Å². The van der Waals surface area contributed by atoms with Crippen LogP contribution in [-0.2, 0) is 4.79 Å². The summed E-state index contributed by atoms with van der Waals surface area (Å²) < 4.78 is 0. The van der Waals surface area contributed by atoms with Gasteiger partial charge in [-0.2, -0.15) is 0 Å². The summed E-state index contributed by atoms with van der Waals surface area (Å²) in [4.78, 5) is 14.8. The molecule has 1 aromatic heterocycles. The standard InChI is InChI=1S/C10H10ClNO/c1-2-10(13)4-3-8-5-9(11)7-12-6-8/h3-7H,2H2,1H3. The predicted octanol–water partition coefficient (Wildman–Crippen LogP) is 2.73. The first kappa shape index (κ1) is 9.93. The lowest BCUT2D eigenvalue weighted by Gasteiger charge is -1.92. The quantitative estimate of drug-likeness (QED) is 0.695. The molecule has 0 fully saturated rings. The molecule has 3 heteroatoms. The van der Waals surface area contributed by atoms with E-state index < -0.39 is 0 Å². The third-order valence-electron chi connectivity index (χ3n) is 1.54. The van der Waals surface area contributed by atoms with Crippen molar-refractivity contribution in [1.82, 2.24) is 4.98 Å². The molecule has 68 valence electrons. The first-order chi connectivity index (χ1) is 6.22. The van der Waals surface area contributed by atoms with Crippen molar-refractivity contribution in [2.24, 2.45) is 0 Å². The number of halogens is 1. The Labute approximate surface area is 82.3 Å². The highest BCUT2D eigenvalue weighted by Crippen LogP contribution is 2.09. The van der Waals surface area contributed by atoms with Crippen LogP contribution in [0.4, 0.5) is 0 Å². The molecular formula is C10H10ClNO. The Balaban J connectivity index is 2.74. The molecule has 13 heavy (non-hydrogen) atoms. The monoisotopic (exact) mass is 195 g/mol. The molecule has 0 aromatic carbocycles. The maximum Gasteiger partial charge on any atom is 0.155 e. The molecule has 0 aliphatic carbocycles. The Morgan fingerprint density at radius 3 is 3.00 bits per heavy atom. The van der Waals surface area contributed by atoms with Gasteiger partial charge in [-0.15, -0.1) is 0 Å². The van der Waals surface area contributed by atoms with Crippen LogP contribution in [-0.4, -0.2) is 10.8 Å². The van der Waals surface area contributed by atoms with E-state index in [0.717, 1.165) is 5.56 Å². The average Bonchev–Trinajstić information content (AvgIpc) is 2.14.